The molecule has 0 saturated carbocycles. The van der Waals surface area contributed by atoms with Crippen LogP contribution in [-0.2, 0) is 22.4 Å². The zero-order valence-electron chi connectivity index (χ0n) is 20.4. The number of carboxylic acid groups (broad SMARTS) is 1. The summed E-state index contributed by atoms with van der Waals surface area (Å²) in [7, 11) is 4.40. The van der Waals surface area contributed by atoms with Gasteiger partial charge in [0.15, 0.2) is 0 Å². The highest BCUT2D eigenvalue weighted by molar-refractivity contribution is 5.95. The number of unbranched alkanes of at least 4 members (excludes halogenated alkanes) is 1. The number of aliphatic carboxylic acids is 1. The van der Waals surface area contributed by atoms with Gasteiger partial charge in [-0.2, -0.15) is 0 Å². The molecule has 0 aliphatic heterocycles. The summed E-state index contributed by atoms with van der Waals surface area (Å²) in [5.74, 6) is 0.308. The average Bonchev–Trinajstić information content (AvgIpc) is 3.28. The van der Waals surface area contributed by atoms with Crippen molar-refractivity contribution in [3.8, 4) is 17.2 Å². The smallest absolute Gasteiger partial charge is 0.340 e. The predicted molar refractivity (Wildman–Crippen MR) is 132 cm³/mol. The van der Waals surface area contributed by atoms with Crippen LogP contribution in [0.15, 0.2) is 54.2 Å². The molecule has 3 aromatic rings. The maximum atomic E-state index is 12.6. The van der Waals surface area contributed by atoms with Crippen LogP contribution in [-0.4, -0.2) is 47.9 Å². The fourth-order valence-electron chi connectivity index (χ4n) is 3.78. The number of nitrogens with zero attached hydrogens (tertiary/aromatic N) is 2. The molecule has 0 aliphatic rings. The molecular formula is C27H30N2O6. The lowest BCUT2D eigenvalue weighted by Gasteiger charge is -2.16. The van der Waals surface area contributed by atoms with E-state index in [1.165, 1.54) is 14.2 Å². The molecule has 184 valence electrons. The van der Waals surface area contributed by atoms with E-state index >= 15 is 0 Å². The van der Waals surface area contributed by atoms with Gasteiger partial charge in [0.05, 0.1) is 44.5 Å². The van der Waals surface area contributed by atoms with Gasteiger partial charge in [-0.05, 0) is 48.4 Å². The highest BCUT2D eigenvalue weighted by atomic mass is 16.5. The Labute approximate surface area is 204 Å². The number of carbonyl (C=O) groups is 2. The monoisotopic (exact) mass is 478 g/mol. The van der Waals surface area contributed by atoms with Crippen molar-refractivity contribution in [2.24, 2.45) is 0 Å². The molecule has 0 atom stereocenters. The summed E-state index contributed by atoms with van der Waals surface area (Å²) in [6.45, 7) is 2.08. The van der Waals surface area contributed by atoms with E-state index in [1.807, 2.05) is 16.7 Å². The number of benzene rings is 2. The molecule has 8 nitrogen and oxygen atoms in total. The molecule has 8 heteroatoms. The number of hydrogen-bond acceptors (Lipinski definition) is 6. The van der Waals surface area contributed by atoms with Crippen LogP contribution < -0.4 is 9.47 Å². The third-order valence-electron chi connectivity index (χ3n) is 5.59. The van der Waals surface area contributed by atoms with Crippen LogP contribution in [0.25, 0.3) is 11.8 Å². The Balaban J connectivity index is 2.16. The number of aryl methyl sites for hydroxylation is 1. The van der Waals surface area contributed by atoms with Crippen molar-refractivity contribution in [2.75, 3.05) is 21.3 Å². The molecule has 0 unspecified atom stereocenters. The summed E-state index contributed by atoms with van der Waals surface area (Å²) in [6.07, 6.45) is 5.92. The quantitative estimate of drug-likeness (QED) is 0.314. The summed E-state index contributed by atoms with van der Waals surface area (Å²) in [5.41, 5.74) is 2.36. The number of rotatable bonds is 11. The second-order valence-corrected chi connectivity index (χ2v) is 7.92. The van der Waals surface area contributed by atoms with Crippen LogP contribution >= 0.6 is 0 Å². The first-order valence-corrected chi connectivity index (χ1v) is 11.3. The molecule has 0 radical (unpaired) electrons. The molecule has 0 bridgehead atoms. The van der Waals surface area contributed by atoms with Gasteiger partial charge in [0, 0.05) is 18.4 Å². The van der Waals surface area contributed by atoms with E-state index in [9.17, 15) is 14.7 Å². The maximum Gasteiger partial charge on any atom is 0.340 e. The lowest BCUT2D eigenvalue weighted by atomic mass is 10.0. The third-order valence-corrected chi connectivity index (χ3v) is 5.59. The zero-order valence-corrected chi connectivity index (χ0v) is 20.4. The number of carbonyl (C=O) groups excluding carboxylic acids is 1. The summed E-state index contributed by atoms with van der Waals surface area (Å²) in [5, 5.41) is 9.96. The number of esters is 1. The van der Waals surface area contributed by atoms with Crippen LogP contribution in [0, 0.1) is 0 Å². The summed E-state index contributed by atoms with van der Waals surface area (Å²) < 4.78 is 17.4. The fourth-order valence-corrected chi connectivity index (χ4v) is 3.78. The molecule has 1 heterocycles. The number of carboxylic acids is 1. The molecule has 1 aromatic heterocycles. The highest BCUT2D eigenvalue weighted by Gasteiger charge is 2.20. The minimum absolute atomic E-state index is 0.176. The van der Waals surface area contributed by atoms with Crippen molar-refractivity contribution >= 4 is 18.0 Å². The Morgan fingerprint density at radius 2 is 1.80 bits per heavy atom. The van der Waals surface area contributed by atoms with Gasteiger partial charge in [-0.3, -0.25) is 4.57 Å². The van der Waals surface area contributed by atoms with E-state index < -0.39 is 11.9 Å². The predicted octanol–water partition coefficient (Wildman–Crippen LogP) is 4.73. The number of hydrogen-bond donors (Lipinski definition) is 1. The van der Waals surface area contributed by atoms with Gasteiger partial charge in [0.25, 0.3) is 0 Å². The summed E-state index contributed by atoms with van der Waals surface area (Å²) in [4.78, 5) is 29.4. The van der Waals surface area contributed by atoms with Crippen LogP contribution in [0.5, 0.6) is 11.5 Å². The van der Waals surface area contributed by atoms with Crippen molar-refractivity contribution in [3.63, 3.8) is 0 Å². The molecular weight excluding hydrogens is 448 g/mol. The van der Waals surface area contributed by atoms with E-state index in [0.717, 1.165) is 24.2 Å². The lowest BCUT2D eigenvalue weighted by Crippen LogP contribution is -2.12. The normalized spacial score (nSPS) is 11.3. The van der Waals surface area contributed by atoms with E-state index in [2.05, 4.69) is 11.9 Å². The second-order valence-electron chi connectivity index (χ2n) is 7.92. The minimum atomic E-state index is -1.04. The highest BCUT2D eigenvalue weighted by Crippen LogP contribution is 2.27. The van der Waals surface area contributed by atoms with Gasteiger partial charge in [-0.1, -0.05) is 25.5 Å². The maximum absolute atomic E-state index is 12.6. The average molecular weight is 479 g/mol. The molecule has 1 N–H and O–H groups in total. The van der Waals surface area contributed by atoms with Gasteiger partial charge in [-0.15, -0.1) is 0 Å². The zero-order chi connectivity index (χ0) is 25.4. The van der Waals surface area contributed by atoms with E-state index in [0.29, 0.717) is 34.9 Å². The standard InChI is InChI=1S/C27H30N2O6/c1-5-6-10-25-28-17-20(15-19(26(30)31)13-18-8-7-9-21(14-18)33-2)29(25)24-12-11-22(34-3)16-23(24)27(32)35-4/h7-9,11-12,14-17H,5-6,10,13H2,1-4H3,(H,30,31). The Bertz CT molecular complexity index is 1230. The van der Waals surface area contributed by atoms with Crippen molar-refractivity contribution in [1.82, 2.24) is 9.55 Å². The van der Waals surface area contributed by atoms with E-state index in [-0.39, 0.29) is 12.0 Å². The topological polar surface area (TPSA) is 99.9 Å². The largest absolute Gasteiger partial charge is 0.497 e. The lowest BCUT2D eigenvalue weighted by molar-refractivity contribution is -0.132. The van der Waals surface area contributed by atoms with E-state index in [4.69, 9.17) is 14.2 Å². The van der Waals surface area contributed by atoms with Gasteiger partial charge >= 0.3 is 11.9 Å². The SMILES string of the molecule is CCCCc1ncc(C=C(Cc2cccc(OC)c2)C(=O)O)n1-c1ccc(OC)cc1C(=O)OC. The van der Waals surface area contributed by atoms with Crippen LogP contribution in [0.4, 0.5) is 0 Å². The number of methoxy groups -OCH3 is 3. The molecule has 0 fully saturated rings. The van der Waals surface area contributed by atoms with Gasteiger partial charge in [0.1, 0.15) is 17.3 Å². The van der Waals surface area contributed by atoms with E-state index in [1.54, 1.807) is 49.7 Å². The number of ether oxygens (including phenoxy) is 3. The molecule has 35 heavy (non-hydrogen) atoms. The summed E-state index contributed by atoms with van der Waals surface area (Å²) in [6, 6.07) is 12.4. The second kappa shape index (κ2) is 11.9. The molecule has 3 rings (SSSR count). The molecule has 2 aromatic carbocycles. The van der Waals surface area contributed by atoms with Crippen molar-refractivity contribution in [1.29, 1.82) is 0 Å². The minimum Gasteiger partial charge on any atom is -0.497 e. The Morgan fingerprint density at radius 1 is 1.06 bits per heavy atom. The van der Waals surface area contributed by atoms with Crippen LogP contribution in [0.1, 0.15) is 47.2 Å². The van der Waals surface area contributed by atoms with Crippen molar-refractivity contribution in [2.45, 2.75) is 32.6 Å². The fraction of sp³-hybridized carbons (Fsp3) is 0.296. The Hall–Kier alpha value is -4.07. The molecule has 0 amide bonds. The van der Waals surface area contributed by atoms with Crippen LogP contribution in [0.2, 0.25) is 0 Å². The van der Waals surface area contributed by atoms with Gasteiger partial charge < -0.3 is 19.3 Å². The Kier molecular flexibility index (Phi) is 8.67. The first kappa shape index (κ1) is 25.6. The first-order valence-electron chi connectivity index (χ1n) is 11.3. The first-order chi connectivity index (χ1) is 16.9. The third kappa shape index (κ3) is 6.09. The number of imidazole rings is 1. The summed E-state index contributed by atoms with van der Waals surface area (Å²) >= 11 is 0. The Morgan fingerprint density at radius 3 is 2.46 bits per heavy atom. The molecule has 0 aliphatic carbocycles. The molecule has 0 saturated heterocycles. The van der Waals surface area contributed by atoms with Crippen LogP contribution in [0.3, 0.4) is 0 Å². The van der Waals surface area contributed by atoms with Gasteiger partial charge in [0.2, 0.25) is 0 Å². The van der Waals surface area contributed by atoms with Gasteiger partial charge in [-0.25, -0.2) is 14.6 Å². The molecule has 0 spiro atoms. The van der Waals surface area contributed by atoms with Crippen molar-refractivity contribution in [3.05, 3.63) is 76.9 Å². The number of aromatic nitrogens is 2. The van der Waals surface area contributed by atoms with Crippen molar-refractivity contribution < 1.29 is 28.9 Å².